The molecule has 0 radical (unpaired) electrons. The van der Waals surface area contributed by atoms with E-state index in [9.17, 15) is 9.18 Å². The van der Waals surface area contributed by atoms with Crippen molar-refractivity contribution in [2.24, 2.45) is 0 Å². The largest absolute Gasteiger partial charge is 0.488 e. The molecule has 0 heterocycles. The molecule has 0 spiro atoms. The Hall–Kier alpha value is -2.08. The van der Waals surface area contributed by atoms with Crippen molar-refractivity contribution in [1.82, 2.24) is 0 Å². The fourth-order valence-corrected chi connectivity index (χ4v) is 2.06. The number of ether oxygens (including phenoxy) is 1. The number of rotatable bonds is 4. The zero-order valence-electron chi connectivity index (χ0n) is 10.3. The first-order valence-electron chi connectivity index (χ1n) is 5.67. The summed E-state index contributed by atoms with van der Waals surface area (Å²) in [5.74, 6) is -1.27. The van der Waals surface area contributed by atoms with Crippen LogP contribution >= 0.6 is 15.9 Å². The van der Waals surface area contributed by atoms with Crippen LogP contribution in [0.5, 0.6) is 5.75 Å². The molecular weight excluding hydrogens is 329 g/mol. The summed E-state index contributed by atoms with van der Waals surface area (Å²) in [6.07, 6.45) is 0. The van der Waals surface area contributed by atoms with E-state index >= 15 is 0 Å². The maximum absolute atomic E-state index is 13.1. The van der Waals surface area contributed by atoms with Crippen molar-refractivity contribution >= 4 is 27.6 Å². The van der Waals surface area contributed by atoms with Gasteiger partial charge in [-0.05, 0) is 51.8 Å². The van der Waals surface area contributed by atoms with Crippen LogP contribution in [-0.4, -0.2) is 11.1 Å². The molecule has 0 aromatic heterocycles. The predicted molar refractivity (Wildman–Crippen MR) is 76.2 cm³/mol. The van der Waals surface area contributed by atoms with Gasteiger partial charge in [0.25, 0.3) is 0 Å². The van der Waals surface area contributed by atoms with Gasteiger partial charge < -0.3 is 15.6 Å². The van der Waals surface area contributed by atoms with E-state index in [0.29, 0.717) is 15.7 Å². The molecule has 4 nitrogen and oxygen atoms in total. The van der Waals surface area contributed by atoms with E-state index in [1.54, 1.807) is 18.2 Å². The van der Waals surface area contributed by atoms with Crippen molar-refractivity contribution < 1.29 is 19.0 Å². The van der Waals surface area contributed by atoms with E-state index in [1.807, 2.05) is 0 Å². The Morgan fingerprint density at radius 3 is 2.70 bits per heavy atom. The van der Waals surface area contributed by atoms with Crippen molar-refractivity contribution in [2.75, 3.05) is 5.73 Å². The maximum atomic E-state index is 13.1. The molecule has 0 aliphatic heterocycles. The van der Waals surface area contributed by atoms with Crippen LogP contribution in [0.4, 0.5) is 10.1 Å². The Balaban J connectivity index is 2.18. The van der Waals surface area contributed by atoms with Gasteiger partial charge in [-0.2, -0.15) is 0 Å². The van der Waals surface area contributed by atoms with Gasteiger partial charge in [-0.3, -0.25) is 0 Å². The number of anilines is 1. The predicted octanol–water partition coefficient (Wildman–Crippen LogP) is 3.45. The number of carboxylic acid groups (broad SMARTS) is 1. The fourth-order valence-electron chi connectivity index (χ4n) is 1.63. The number of aromatic carboxylic acids is 1. The molecule has 0 saturated heterocycles. The summed E-state index contributed by atoms with van der Waals surface area (Å²) in [5, 5.41) is 9.08. The van der Waals surface area contributed by atoms with Crippen molar-refractivity contribution in [3.8, 4) is 5.75 Å². The zero-order chi connectivity index (χ0) is 14.7. The van der Waals surface area contributed by atoms with Crippen LogP contribution in [0.2, 0.25) is 0 Å². The number of nitrogen functional groups attached to an aromatic ring is 1. The number of hydrogen-bond acceptors (Lipinski definition) is 3. The summed E-state index contributed by atoms with van der Waals surface area (Å²) < 4.78 is 18.9. The van der Waals surface area contributed by atoms with Crippen LogP contribution in [0.3, 0.4) is 0 Å². The number of halogens is 2. The van der Waals surface area contributed by atoms with Gasteiger partial charge in [0.05, 0.1) is 4.47 Å². The molecule has 0 bridgehead atoms. The van der Waals surface area contributed by atoms with Crippen LogP contribution in [0.15, 0.2) is 40.9 Å². The second-order valence-corrected chi connectivity index (χ2v) is 4.95. The number of carboxylic acids is 1. The van der Waals surface area contributed by atoms with E-state index in [-0.39, 0.29) is 23.7 Å². The van der Waals surface area contributed by atoms with Gasteiger partial charge >= 0.3 is 5.97 Å². The van der Waals surface area contributed by atoms with Gasteiger partial charge in [0.2, 0.25) is 0 Å². The lowest BCUT2D eigenvalue weighted by Crippen LogP contribution is -2.04. The normalized spacial score (nSPS) is 10.3. The molecule has 0 aliphatic rings. The van der Waals surface area contributed by atoms with Crippen molar-refractivity contribution in [1.29, 1.82) is 0 Å². The first-order valence-corrected chi connectivity index (χ1v) is 6.46. The standard InChI is InChI=1S/C14H11BrFNO3/c15-11-5-8(1-3-12(11)16)7-20-13-4-2-9(17)6-10(13)14(18)19/h1-6H,7,17H2,(H,18,19). The lowest BCUT2D eigenvalue weighted by Gasteiger charge is -2.10. The van der Waals surface area contributed by atoms with E-state index in [2.05, 4.69) is 15.9 Å². The Bertz CT molecular complexity index is 661. The molecule has 6 heteroatoms. The van der Waals surface area contributed by atoms with E-state index in [4.69, 9.17) is 15.6 Å². The van der Waals surface area contributed by atoms with Crippen LogP contribution in [0.1, 0.15) is 15.9 Å². The summed E-state index contributed by atoms with van der Waals surface area (Å²) in [4.78, 5) is 11.1. The lowest BCUT2D eigenvalue weighted by molar-refractivity contribution is 0.0692. The van der Waals surface area contributed by atoms with Crippen LogP contribution in [0, 0.1) is 5.82 Å². The number of nitrogens with two attached hydrogens (primary N) is 1. The third kappa shape index (κ3) is 3.27. The third-order valence-electron chi connectivity index (χ3n) is 2.61. The molecule has 0 saturated carbocycles. The number of carbonyl (C=O) groups is 1. The molecule has 2 rings (SSSR count). The molecule has 0 aliphatic carbocycles. The Labute approximate surface area is 123 Å². The van der Waals surface area contributed by atoms with Gasteiger partial charge in [0.15, 0.2) is 0 Å². The second kappa shape index (κ2) is 5.92. The zero-order valence-corrected chi connectivity index (χ0v) is 11.9. The highest BCUT2D eigenvalue weighted by molar-refractivity contribution is 9.10. The average molecular weight is 340 g/mol. The van der Waals surface area contributed by atoms with Gasteiger partial charge in [-0.1, -0.05) is 6.07 Å². The highest BCUT2D eigenvalue weighted by atomic mass is 79.9. The van der Waals surface area contributed by atoms with Gasteiger partial charge in [0, 0.05) is 5.69 Å². The first-order chi connectivity index (χ1) is 9.47. The molecular formula is C14H11BrFNO3. The summed E-state index contributed by atoms with van der Waals surface area (Å²) in [7, 11) is 0. The van der Waals surface area contributed by atoms with Crippen LogP contribution in [-0.2, 0) is 6.61 Å². The fraction of sp³-hybridized carbons (Fsp3) is 0.0714. The van der Waals surface area contributed by atoms with E-state index in [1.165, 1.54) is 18.2 Å². The molecule has 2 aromatic carbocycles. The van der Waals surface area contributed by atoms with Gasteiger partial charge in [-0.15, -0.1) is 0 Å². The summed E-state index contributed by atoms with van der Waals surface area (Å²) in [6.45, 7) is 0.128. The monoisotopic (exact) mass is 339 g/mol. The highest BCUT2D eigenvalue weighted by Crippen LogP contribution is 2.23. The van der Waals surface area contributed by atoms with E-state index < -0.39 is 5.97 Å². The summed E-state index contributed by atoms with van der Waals surface area (Å²) >= 11 is 3.08. The molecule has 104 valence electrons. The Kier molecular flexibility index (Phi) is 4.24. The minimum atomic E-state index is -1.12. The summed E-state index contributed by atoms with van der Waals surface area (Å²) in [6, 6.07) is 8.84. The van der Waals surface area contributed by atoms with Crippen LogP contribution in [0.25, 0.3) is 0 Å². The van der Waals surface area contributed by atoms with E-state index in [0.717, 1.165) is 0 Å². The quantitative estimate of drug-likeness (QED) is 0.837. The maximum Gasteiger partial charge on any atom is 0.339 e. The SMILES string of the molecule is Nc1ccc(OCc2ccc(F)c(Br)c2)c(C(=O)O)c1. The van der Waals surface area contributed by atoms with Crippen molar-refractivity contribution in [3.63, 3.8) is 0 Å². The van der Waals surface area contributed by atoms with Gasteiger partial charge in [-0.25, -0.2) is 9.18 Å². The molecule has 0 unspecified atom stereocenters. The minimum Gasteiger partial charge on any atom is -0.488 e. The van der Waals surface area contributed by atoms with Crippen molar-refractivity contribution in [3.05, 3.63) is 57.8 Å². The molecule has 2 aromatic rings. The van der Waals surface area contributed by atoms with Gasteiger partial charge in [0.1, 0.15) is 23.7 Å². The van der Waals surface area contributed by atoms with Crippen molar-refractivity contribution in [2.45, 2.75) is 6.61 Å². The third-order valence-corrected chi connectivity index (χ3v) is 3.22. The Morgan fingerprint density at radius 1 is 1.30 bits per heavy atom. The second-order valence-electron chi connectivity index (χ2n) is 4.10. The smallest absolute Gasteiger partial charge is 0.339 e. The molecule has 0 fully saturated rings. The molecule has 20 heavy (non-hydrogen) atoms. The first kappa shape index (κ1) is 14.3. The topological polar surface area (TPSA) is 72.5 Å². The van der Waals surface area contributed by atoms with Crippen LogP contribution < -0.4 is 10.5 Å². The number of hydrogen-bond donors (Lipinski definition) is 2. The molecule has 3 N–H and O–H groups in total. The minimum absolute atomic E-state index is 0.00817. The molecule has 0 amide bonds. The Morgan fingerprint density at radius 2 is 2.05 bits per heavy atom. The summed E-state index contributed by atoms with van der Waals surface area (Å²) in [5.41, 5.74) is 6.59. The molecule has 0 atom stereocenters. The number of benzene rings is 2. The highest BCUT2D eigenvalue weighted by Gasteiger charge is 2.12. The average Bonchev–Trinajstić information content (AvgIpc) is 2.41. The lowest BCUT2D eigenvalue weighted by atomic mass is 10.2.